The van der Waals surface area contributed by atoms with Crippen molar-refractivity contribution in [2.45, 2.75) is 38.9 Å². The minimum atomic E-state index is -0.488. The molecule has 0 aliphatic carbocycles. The minimum absolute atomic E-state index is 0.121. The standard InChI is InChI=1S/C27H27ClN4O3S2/c1-5-32-22(13-18-8-10-19(28)11-9-18)30-31-27(32)37-15-23(33)29-25-24(26(34)35-4)21(14-36-25)20-12-16(2)6-7-17(20)3/h6-12,14H,5,13,15H2,1-4H3,(H,29,33). The molecule has 7 nitrogen and oxygen atoms in total. The summed E-state index contributed by atoms with van der Waals surface area (Å²) < 4.78 is 7.05. The van der Waals surface area contributed by atoms with Crippen molar-refractivity contribution in [1.82, 2.24) is 14.8 Å². The van der Waals surface area contributed by atoms with E-state index in [-0.39, 0.29) is 11.7 Å². The van der Waals surface area contributed by atoms with Crippen LogP contribution < -0.4 is 5.32 Å². The van der Waals surface area contributed by atoms with Gasteiger partial charge in [-0.3, -0.25) is 4.79 Å². The van der Waals surface area contributed by atoms with Gasteiger partial charge >= 0.3 is 5.97 Å². The Kier molecular flexibility index (Phi) is 8.68. The first kappa shape index (κ1) is 26.9. The van der Waals surface area contributed by atoms with Crippen LogP contribution >= 0.6 is 34.7 Å². The van der Waals surface area contributed by atoms with Gasteiger partial charge in [0.15, 0.2) is 5.16 Å². The monoisotopic (exact) mass is 554 g/mol. The maximum absolute atomic E-state index is 12.9. The van der Waals surface area contributed by atoms with Gasteiger partial charge in [0, 0.05) is 28.9 Å². The molecule has 4 aromatic rings. The van der Waals surface area contributed by atoms with Crippen molar-refractivity contribution in [3.63, 3.8) is 0 Å². The number of nitrogens with zero attached hydrogens (tertiary/aromatic N) is 3. The molecule has 2 heterocycles. The summed E-state index contributed by atoms with van der Waals surface area (Å²) in [6.07, 6.45) is 0.615. The summed E-state index contributed by atoms with van der Waals surface area (Å²) >= 11 is 8.60. The largest absolute Gasteiger partial charge is 0.465 e. The molecule has 1 amide bonds. The number of carbonyl (C=O) groups excluding carboxylic acids is 2. The van der Waals surface area contributed by atoms with Crippen molar-refractivity contribution in [2.75, 3.05) is 18.2 Å². The Balaban J connectivity index is 1.49. The normalized spacial score (nSPS) is 10.9. The van der Waals surface area contributed by atoms with E-state index in [1.165, 1.54) is 30.2 Å². The van der Waals surface area contributed by atoms with E-state index in [0.717, 1.165) is 33.6 Å². The number of methoxy groups -OCH3 is 1. The number of carbonyl (C=O) groups is 2. The van der Waals surface area contributed by atoms with Crippen molar-refractivity contribution in [1.29, 1.82) is 0 Å². The number of ether oxygens (including phenoxy) is 1. The van der Waals surface area contributed by atoms with Crippen molar-refractivity contribution in [3.8, 4) is 11.1 Å². The van der Waals surface area contributed by atoms with Gasteiger partial charge in [0.2, 0.25) is 5.91 Å². The summed E-state index contributed by atoms with van der Waals surface area (Å²) in [5, 5.41) is 15.2. The molecule has 4 rings (SSSR count). The van der Waals surface area contributed by atoms with E-state index < -0.39 is 5.97 Å². The van der Waals surface area contributed by atoms with Gasteiger partial charge in [-0.15, -0.1) is 21.5 Å². The highest BCUT2D eigenvalue weighted by atomic mass is 35.5. The number of esters is 1. The quantitative estimate of drug-likeness (QED) is 0.190. The lowest BCUT2D eigenvalue weighted by Crippen LogP contribution is -2.16. The fraction of sp³-hybridized carbons (Fsp3) is 0.259. The SMILES string of the molecule is CCn1c(Cc2ccc(Cl)cc2)nnc1SCC(=O)Nc1scc(-c2cc(C)ccc2C)c1C(=O)OC. The number of aryl methyl sites for hydroxylation is 2. The number of thiophene rings is 1. The summed E-state index contributed by atoms with van der Waals surface area (Å²) in [5.41, 5.74) is 5.25. The number of thioether (sulfide) groups is 1. The van der Waals surface area contributed by atoms with Crippen molar-refractivity contribution < 1.29 is 14.3 Å². The van der Waals surface area contributed by atoms with Crippen LogP contribution in [0.1, 0.15) is 39.8 Å². The number of amides is 1. The molecule has 0 fully saturated rings. The van der Waals surface area contributed by atoms with E-state index in [1.54, 1.807) is 0 Å². The molecule has 0 aliphatic rings. The Morgan fingerprint density at radius 1 is 1.11 bits per heavy atom. The van der Waals surface area contributed by atoms with E-state index in [1.807, 2.05) is 73.2 Å². The minimum Gasteiger partial charge on any atom is -0.465 e. The van der Waals surface area contributed by atoms with E-state index in [4.69, 9.17) is 16.3 Å². The first-order valence-corrected chi connectivity index (χ1v) is 13.9. The fourth-order valence-electron chi connectivity index (χ4n) is 3.93. The molecule has 0 saturated carbocycles. The van der Waals surface area contributed by atoms with Crippen LogP contribution in [0.15, 0.2) is 53.0 Å². The van der Waals surface area contributed by atoms with Gasteiger partial charge in [-0.25, -0.2) is 4.79 Å². The predicted octanol–water partition coefficient (Wildman–Crippen LogP) is 6.40. The maximum atomic E-state index is 12.9. The van der Waals surface area contributed by atoms with Gasteiger partial charge in [0.05, 0.1) is 12.9 Å². The highest BCUT2D eigenvalue weighted by molar-refractivity contribution is 7.99. The number of nitrogens with one attached hydrogen (secondary N) is 1. The first-order valence-electron chi connectivity index (χ1n) is 11.7. The molecule has 0 bridgehead atoms. The lowest BCUT2D eigenvalue weighted by atomic mass is 9.97. The third-order valence-electron chi connectivity index (χ3n) is 5.83. The Bertz CT molecular complexity index is 1430. The lowest BCUT2D eigenvalue weighted by molar-refractivity contribution is -0.113. The lowest BCUT2D eigenvalue weighted by Gasteiger charge is -2.10. The van der Waals surface area contributed by atoms with Crippen molar-refractivity contribution in [2.24, 2.45) is 0 Å². The summed E-state index contributed by atoms with van der Waals surface area (Å²) in [6, 6.07) is 13.7. The van der Waals surface area contributed by atoms with Crippen LogP contribution in [0.5, 0.6) is 0 Å². The van der Waals surface area contributed by atoms with E-state index in [9.17, 15) is 9.59 Å². The molecule has 2 aromatic carbocycles. The molecule has 0 unspecified atom stereocenters. The Labute approximate surface area is 229 Å². The second kappa shape index (κ2) is 11.9. The van der Waals surface area contributed by atoms with E-state index >= 15 is 0 Å². The second-order valence-electron chi connectivity index (χ2n) is 8.45. The van der Waals surface area contributed by atoms with Gasteiger partial charge in [-0.2, -0.15) is 0 Å². The fourth-order valence-corrected chi connectivity index (χ4v) is 5.84. The van der Waals surface area contributed by atoms with E-state index in [0.29, 0.717) is 33.7 Å². The Morgan fingerprint density at radius 2 is 1.86 bits per heavy atom. The van der Waals surface area contributed by atoms with Crippen LogP contribution in [0.2, 0.25) is 5.02 Å². The molecule has 0 saturated heterocycles. The predicted molar refractivity (Wildman–Crippen MR) is 150 cm³/mol. The van der Waals surface area contributed by atoms with Crippen LogP contribution in [0.25, 0.3) is 11.1 Å². The number of benzene rings is 2. The molecule has 0 radical (unpaired) electrons. The summed E-state index contributed by atoms with van der Waals surface area (Å²) in [6.45, 7) is 6.69. The van der Waals surface area contributed by atoms with Crippen LogP contribution in [-0.4, -0.2) is 39.5 Å². The maximum Gasteiger partial charge on any atom is 0.341 e. The van der Waals surface area contributed by atoms with Crippen LogP contribution in [0.4, 0.5) is 5.00 Å². The van der Waals surface area contributed by atoms with Gasteiger partial charge in [-0.1, -0.05) is 59.3 Å². The molecule has 1 N–H and O–H groups in total. The molecule has 192 valence electrons. The average molecular weight is 555 g/mol. The zero-order valence-electron chi connectivity index (χ0n) is 21.0. The molecule has 0 aliphatic heterocycles. The Hall–Kier alpha value is -3.14. The number of aromatic nitrogens is 3. The Morgan fingerprint density at radius 3 is 2.57 bits per heavy atom. The molecule has 0 spiro atoms. The number of hydrogen-bond acceptors (Lipinski definition) is 7. The molecule has 2 aromatic heterocycles. The van der Waals surface area contributed by atoms with Gasteiger partial charge in [-0.05, 0) is 49.6 Å². The third-order valence-corrected chi connectivity index (χ3v) is 7.95. The van der Waals surface area contributed by atoms with Gasteiger partial charge in [0.25, 0.3) is 0 Å². The van der Waals surface area contributed by atoms with Crippen molar-refractivity contribution in [3.05, 3.63) is 80.9 Å². The zero-order chi connectivity index (χ0) is 26.5. The van der Waals surface area contributed by atoms with Crippen LogP contribution in [0.3, 0.4) is 0 Å². The molecule has 0 atom stereocenters. The first-order chi connectivity index (χ1) is 17.8. The van der Waals surface area contributed by atoms with Crippen molar-refractivity contribution >= 4 is 51.6 Å². The molecule has 37 heavy (non-hydrogen) atoms. The smallest absolute Gasteiger partial charge is 0.341 e. The van der Waals surface area contributed by atoms with E-state index in [2.05, 4.69) is 15.5 Å². The summed E-state index contributed by atoms with van der Waals surface area (Å²) in [7, 11) is 1.34. The van der Waals surface area contributed by atoms with Gasteiger partial charge < -0.3 is 14.6 Å². The topological polar surface area (TPSA) is 86.1 Å². The highest BCUT2D eigenvalue weighted by Gasteiger charge is 2.23. The summed E-state index contributed by atoms with van der Waals surface area (Å²) in [5.74, 6) is 0.209. The third kappa shape index (κ3) is 6.23. The van der Waals surface area contributed by atoms with Gasteiger partial charge in [0.1, 0.15) is 16.4 Å². The molecular weight excluding hydrogens is 528 g/mol. The number of anilines is 1. The van der Waals surface area contributed by atoms with Crippen LogP contribution in [0, 0.1) is 13.8 Å². The highest BCUT2D eigenvalue weighted by Crippen LogP contribution is 2.38. The second-order valence-corrected chi connectivity index (χ2v) is 10.7. The molecular formula is C27H27ClN4O3S2. The summed E-state index contributed by atoms with van der Waals surface area (Å²) in [4.78, 5) is 25.6. The average Bonchev–Trinajstić information content (AvgIpc) is 3.48. The number of hydrogen-bond donors (Lipinski definition) is 1. The molecule has 10 heteroatoms. The van der Waals surface area contributed by atoms with Crippen LogP contribution in [-0.2, 0) is 22.5 Å². The number of halogens is 1. The number of rotatable bonds is 9. The zero-order valence-corrected chi connectivity index (χ0v) is 23.4.